The SMILES string of the molecule is Cc1nc2ncccc2c(=O)n1-c1cccc(NC(=O)COc2ccccc2)c1. The lowest BCUT2D eigenvalue weighted by Crippen LogP contribution is -2.23. The van der Waals surface area contributed by atoms with Gasteiger partial charge in [0.2, 0.25) is 0 Å². The quantitative estimate of drug-likeness (QED) is 0.570. The summed E-state index contributed by atoms with van der Waals surface area (Å²) in [6.07, 6.45) is 1.60. The fourth-order valence-corrected chi connectivity index (χ4v) is 3.01. The van der Waals surface area contributed by atoms with Crippen LogP contribution in [0.3, 0.4) is 0 Å². The highest BCUT2D eigenvalue weighted by Crippen LogP contribution is 2.16. The molecule has 0 aliphatic heterocycles. The summed E-state index contributed by atoms with van der Waals surface area (Å²) >= 11 is 0. The minimum atomic E-state index is -0.295. The number of nitrogens with zero attached hydrogens (tertiary/aromatic N) is 3. The smallest absolute Gasteiger partial charge is 0.267 e. The first-order valence-electron chi connectivity index (χ1n) is 9.04. The Labute approximate surface area is 166 Å². The molecule has 144 valence electrons. The zero-order valence-corrected chi connectivity index (χ0v) is 15.7. The van der Waals surface area contributed by atoms with Gasteiger partial charge in [0.25, 0.3) is 11.5 Å². The first kappa shape index (κ1) is 18.4. The normalized spacial score (nSPS) is 10.7. The van der Waals surface area contributed by atoms with Gasteiger partial charge in [0.1, 0.15) is 11.6 Å². The van der Waals surface area contributed by atoms with Crippen molar-refractivity contribution in [2.45, 2.75) is 6.92 Å². The zero-order chi connectivity index (χ0) is 20.2. The predicted molar refractivity (Wildman–Crippen MR) is 110 cm³/mol. The number of carbonyl (C=O) groups is 1. The molecule has 0 aliphatic carbocycles. The number of nitrogens with one attached hydrogen (secondary N) is 1. The summed E-state index contributed by atoms with van der Waals surface area (Å²) in [6, 6.07) is 19.5. The molecule has 0 aliphatic rings. The van der Waals surface area contributed by atoms with E-state index in [4.69, 9.17) is 4.74 Å². The Morgan fingerprint density at radius 1 is 1.07 bits per heavy atom. The fraction of sp³-hybridized carbons (Fsp3) is 0.0909. The maximum absolute atomic E-state index is 12.9. The van der Waals surface area contributed by atoms with Crippen molar-refractivity contribution in [1.82, 2.24) is 14.5 Å². The third-order valence-electron chi connectivity index (χ3n) is 4.31. The molecular formula is C22H18N4O3. The average molecular weight is 386 g/mol. The van der Waals surface area contributed by atoms with Crippen molar-refractivity contribution in [3.63, 3.8) is 0 Å². The van der Waals surface area contributed by atoms with E-state index >= 15 is 0 Å². The van der Waals surface area contributed by atoms with Crippen LogP contribution in [0.1, 0.15) is 5.82 Å². The van der Waals surface area contributed by atoms with E-state index in [1.807, 2.05) is 18.2 Å². The molecule has 4 aromatic rings. The predicted octanol–water partition coefficient (Wildman–Crippen LogP) is 3.11. The van der Waals surface area contributed by atoms with Crippen molar-refractivity contribution >= 4 is 22.6 Å². The molecule has 2 aromatic heterocycles. The van der Waals surface area contributed by atoms with Crippen LogP contribution in [-0.4, -0.2) is 27.0 Å². The van der Waals surface area contributed by atoms with E-state index in [1.54, 1.807) is 61.7 Å². The monoisotopic (exact) mass is 386 g/mol. The summed E-state index contributed by atoms with van der Waals surface area (Å²) in [5, 5.41) is 3.22. The van der Waals surface area contributed by atoms with Crippen molar-refractivity contribution in [2.24, 2.45) is 0 Å². The second-order valence-electron chi connectivity index (χ2n) is 6.37. The standard InChI is InChI=1S/C22H18N4O3/c1-15-24-21-19(11-6-12-23-21)22(28)26(15)17-8-5-7-16(13-17)25-20(27)14-29-18-9-3-2-4-10-18/h2-13H,14H2,1H3,(H,25,27). The molecule has 0 atom stereocenters. The van der Waals surface area contributed by atoms with Gasteiger partial charge < -0.3 is 10.1 Å². The Kier molecular flexibility index (Phi) is 5.03. The van der Waals surface area contributed by atoms with E-state index in [2.05, 4.69) is 15.3 Å². The number of hydrogen-bond acceptors (Lipinski definition) is 5. The highest BCUT2D eigenvalue weighted by Gasteiger charge is 2.11. The third-order valence-corrected chi connectivity index (χ3v) is 4.31. The zero-order valence-electron chi connectivity index (χ0n) is 15.7. The topological polar surface area (TPSA) is 86.1 Å². The maximum atomic E-state index is 12.9. The molecular weight excluding hydrogens is 368 g/mol. The Bertz CT molecular complexity index is 1240. The summed E-state index contributed by atoms with van der Waals surface area (Å²) in [6.45, 7) is 1.63. The van der Waals surface area contributed by atoms with E-state index in [0.29, 0.717) is 34.0 Å². The minimum Gasteiger partial charge on any atom is -0.484 e. The molecule has 7 nitrogen and oxygen atoms in total. The van der Waals surface area contributed by atoms with Gasteiger partial charge in [-0.15, -0.1) is 0 Å². The Hall–Kier alpha value is -4.00. The molecule has 0 saturated heterocycles. The second kappa shape index (κ2) is 7.93. The summed E-state index contributed by atoms with van der Waals surface area (Å²) < 4.78 is 6.96. The van der Waals surface area contributed by atoms with E-state index in [0.717, 1.165) is 0 Å². The number of anilines is 1. The van der Waals surface area contributed by atoms with Gasteiger partial charge in [0, 0.05) is 11.9 Å². The number of benzene rings is 2. The number of amides is 1. The molecule has 0 spiro atoms. The first-order valence-corrected chi connectivity index (χ1v) is 9.04. The molecule has 0 bridgehead atoms. The summed E-state index contributed by atoms with van der Waals surface area (Å²) in [5.74, 6) is 0.836. The molecule has 7 heteroatoms. The molecule has 1 amide bonds. The number of fused-ring (bicyclic) bond motifs is 1. The summed E-state index contributed by atoms with van der Waals surface area (Å²) in [4.78, 5) is 33.7. The Morgan fingerprint density at radius 2 is 1.90 bits per heavy atom. The fourth-order valence-electron chi connectivity index (χ4n) is 3.01. The van der Waals surface area contributed by atoms with Gasteiger partial charge in [-0.05, 0) is 49.4 Å². The van der Waals surface area contributed by atoms with Crippen molar-refractivity contribution in [3.05, 3.63) is 89.1 Å². The van der Waals surface area contributed by atoms with E-state index in [1.165, 1.54) is 4.57 Å². The van der Waals surface area contributed by atoms with Crippen LogP contribution in [0.2, 0.25) is 0 Å². The molecule has 0 saturated carbocycles. The second-order valence-corrected chi connectivity index (χ2v) is 6.37. The molecule has 2 heterocycles. The highest BCUT2D eigenvalue weighted by molar-refractivity contribution is 5.92. The van der Waals surface area contributed by atoms with E-state index < -0.39 is 0 Å². The van der Waals surface area contributed by atoms with Crippen LogP contribution >= 0.6 is 0 Å². The molecule has 1 N–H and O–H groups in total. The van der Waals surface area contributed by atoms with Gasteiger partial charge in [-0.1, -0.05) is 24.3 Å². The van der Waals surface area contributed by atoms with Crippen molar-refractivity contribution < 1.29 is 9.53 Å². The number of aromatic nitrogens is 3. The van der Waals surface area contributed by atoms with Gasteiger partial charge in [0.15, 0.2) is 12.3 Å². The molecule has 29 heavy (non-hydrogen) atoms. The summed E-state index contributed by atoms with van der Waals surface area (Å²) in [7, 11) is 0. The third kappa shape index (κ3) is 3.98. The van der Waals surface area contributed by atoms with Crippen LogP contribution in [-0.2, 0) is 4.79 Å². The lowest BCUT2D eigenvalue weighted by atomic mass is 10.2. The van der Waals surface area contributed by atoms with E-state index in [-0.39, 0.29) is 18.1 Å². The Balaban J connectivity index is 1.57. The lowest BCUT2D eigenvalue weighted by molar-refractivity contribution is -0.118. The van der Waals surface area contributed by atoms with Crippen LogP contribution in [0.5, 0.6) is 5.75 Å². The van der Waals surface area contributed by atoms with Crippen molar-refractivity contribution in [1.29, 1.82) is 0 Å². The number of ether oxygens (including phenoxy) is 1. The highest BCUT2D eigenvalue weighted by atomic mass is 16.5. The van der Waals surface area contributed by atoms with Crippen LogP contribution in [0.25, 0.3) is 16.7 Å². The average Bonchev–Trinajstić information content (AvgIpc) is 2.73. The van der Waals surface area contributed by atoms with Gasteiger partial charge >= 0.3 is 0 Å². The van der Waals surface area contributed by atoms with E-state index in [9.17, 15) is 9.59 Å². The number of pyridine rings is 1. The number of carbonyl (C=O) groups excluding carboxylic acids is 1. The van der Waals surface area contributed by atoms with Crippen LogP contribution in [0.4, 0.5) is 5.69 Å². The van der Waals surface area contributed by atoms with Gasteiger partial charge in [-0.25, -0.2) is 9.97 Å². The minimum absolute atomic E-state index is 0.115. The van der Waals surface area contributed by atoms with Crippen LogP contribution < -0.4 is 15.6 Å². The molecule has 0 fully saturated rings. The largest absolute Gasteiger partial charge is 0.484 e. The van der Waals surface area contributed by atoms with Crippen LogP contribution in [0.15, 0.2) is 77.7 Å². The molecule has 4 rings (SSSR count). The number of hydrogen-bond donors (Lipinski definition) is 1. The van der Waals surface area contributed by atoms with Crippen molar-refractivity contribution in [3.8, 4) is 11.4 Å². The lowest BCUT2D eigenvalue weighted by Gasteiger charge is -2.12. The number of aryl methyl sites for hydroxylation is 1. The summed E-state index contributed by atoms with van der Waals surface area (Å²) in [5.41, 5.74) is 1.36. The number of rotatable bonds is 5. The first-order chi connectivity index (χ1) is 14.1. The maximum Gasteiger partial charge on any atom is 0.267 e. The van der Waals surface area contributed by atoms with Gasteiger partial charge in [-0.3, -0.25) is 14.2 Å². The number of para-hydroxylation sites is 1. The molecule has 2 aromatic carbocycles. The molecule has 0 radical (unpaired) electrons. The van der Waals surface area contributed by atoms with Gasteiger partial charge in [0.05, 0.1) is 11.1 Å². The Morgan fingerprint density at radius 3 is 2.72 bits per heavy atom. The van der Waals surface area contributed by atoms with Crippen molar-refractivity contribution in [2.75, 3.05) is 11.9 Å². The van der Waals surface area contributed by atoms with Gasteiger partial charge in [-0.2, -0.15) is 0 Å². The van der Waals surface area contributed by atoms with Crippen LogP contribution in [0, 0.1) is 6.92 Å². The molecule has 0 unspecified atom stereocenters.